The van der Waals surface area contributed by atoms with Crippen molar-refractivity contribution in [1.82, 2.24) is 19.8 Å². The van der Waals surface area contributed by atoms with Gasteiger partial charge in [-0.3, -0.25) is 14.4 Å². The first-order chi connectivity index (χ1) is 12.8. The van der Waals surface area contributed by atoms with Crippen molar-refractivity contribution in [3.05, 3.63) is 22.4 Å². The Labute approximate surface area is 161 Å². The summed E-state index contributed by atoms with van der Waals surface area (Å²) >= 11 is 1.26. The van der Waals surface area contributed by atoms with E-state index in [1.54, 1.807) is 17.5 Å². The van der Waals surface area contributed by atoms with E-state index in [2.05, 4.69) is 10.6 Å². The Morgan fingerprint density at radius 2 is 2.11 bits per heavy atom. The van der Waals surface area contributed by atoms with Crippen LogP contribution in [-0.2, 0) is 19.6 Å². The standard InChI is InChI=1S/C16H22N4O5S2/c1-27(24,25)19-7-8-20(16(23)13-5-3-9-26-13)12(10-19)15(22)18-11-4-2-6-17-14(11)21/h3,5,9,11-12H,2,4,6-8,10H2,1H3,(H,17,21)(H,18,22)/t11-,12+/m0/s1. The van der Waals surface area contributed by atoms with Crippen LogP contribution in [0.4, 0.5) is 0 Å². The summed E-state index contributed by atoms with van der Waals surface area (Å²) in [7, 11) is -3.50. The summed E-state index contributed by atoms with van der Waals surface area (Å²) in [5.41, 5.74) is 0. The molecule has 2 aliphatic rings. The molecule has 2 atom stereocenters. The third kappa shape index (κ3) is 4.47. The zero-order chi connectivity index (χ0) is 19.6. The van der Waals surface area contributed by atoms with Gasteiger partial charge in [-0.1, -0.05) is 6.07 Å². The lowest BCUT2D eigenvalue weighted by atomic mass is 10.1. The predicted octanol–water partition coefficient (Wildman–Crippen LogP) is -0.771. The van der Waals surface area contributed by atoms with Crippen LogP contribution in [0.1, 0.15) is 22.5 Å². The summed E-state index contributed by atoms with van der Waals surface area (Å²) in [6, 6.07) is 1.75. The molecule has 2 N–H and O–H groups in total. The summed E-state index contributed by atoms with van der Waals surface area (Å²) in [5.74, 6) is -1.09. The Kier molecular flexibility index (Phi) is 5.82. The van der Waals surface area contributed by atoms with Gasteiger partial charge in [0.05, 0.1) is 11.1 Å². The minimum Gasteiger partial charge on any atom is -0.354 e. The molecular weight excluding hydrogens is 392 g/mol. The minimum atomic E-state index is -3.50. The second kappa shape index (κ2) is 7.95. The Balaban J connectivity index is 1.80. The van der Waals surface area contributed by atoms with Crippen LogP contribution in [0.3, 0.4) is 0 Å². The number of rotatable bonds is 4. The number of hydrogen-bond donors (Lipinski definition) is 2. The molecule has 3 amide bonds. The minimum absolute atomic E-state index is 0.110. The maximum absolute atomic E-state index is 12.9. The summed E-state index contributed by atoms with van der Waals surface area (Å²) in [6.45, 7) is 0.679. The topological polar surface area (TPSA) is 116 Å². The molecule has 0 spiro atoms. The Morgan fingerprint density at radius 3 is 2.74 bits per heavy atom. The third-order valence-corrected chi connectivity index (χ3v) is 6.84. The van der Waals surface area contributed by atoms with Crippen molar-refractivity contribution in [3.8, 4) is 0 Å². The van der Waals surface area contributed by atoms with E-state index in [1.165, 1.54) is 20.5 Å². The average Bonchev–Trinajstić information content (AvgIpc) is 3.16. The highest BCUT2D eigenvalue weighted by molar-refractivity contribution is 7.88. The van der Waals surface area contributed by atoms with Crippen molar-refractivity contribution in [2.75, 3.05) is 32.4 Å². The number of carbonyl (C=O) groups excluding carboxylic acids is 3. The smallest absolute Gasteiger partial charge is 0.264 e. The molecule has 2 fully saturated rings. The molecule has 0 aliphatic carbocycles. The lowest BCUT2D eigenvalue weighted by Gasteiger charge is -2.39. The molecule has 27 heavy (non-hydrogen) atoms. The highest BCUT2D eigenvalue weighted by atomic mass is 32.2. The van der Waals surface area contributed by atoms with Crippen LogP contribution >= 0.6 is 11.3 Å². The molecule has 3 rings (SSSR count). The average molecular weight is 415 g/mol. The van der Waals surface area contributed by atoms with Crippen LogP contribution in [0.2, 0.25) is 0 Å². The van der Waals surface area contributed by atoms with Crippen LogP contribution in [0, 0.1) is 0 Å². The molecule has 0 bridgehead atoms. The van der Waals surface area contributed by atoms with Gasteiger partial charge >= 0.3 is 0 Å². The van der Waals surface area contributed by atoms with Gasteiger partial charge in [-0.05, 0) is 24.3 Å². The normalized spacial score (nSPS) is 24.3. The quantitative estimate of drug-likeness (QED) is 0.671. The van der Waals surface area contributed by atoms with E-state index in [0.29, 0.717) is 17.8 Å². The molecule has 148 valence electrons. The van der Waals surface area contributed by atoms with Crippen LogP contribution in [0.5, 0.6) is 0 Å². The molecular formula is C16H22N4O5S2. The number of piperazine rings is 1. The first-order valence-corrected chi connectivity index (χ1v) is 11.4. The number of carbonyl (C=O) groups is 3. The van der Waals surface area contributed by atoms with Crippen molar-refractivity contribution in [2.45, 2.75) is 24.9 Å². The SMILES string of the molecule is CS(=O)(=O)N1CCN(C(=O)c2cccs2)[C@@H](C(=O)N[C@H]2CCCNC2=O)C1. The second-order valence-electron chi connectivity index (χ2n) is 6.61. The maximum atomic E-state index is 12.9. The maximum Gasteiger partial charge on any atom is 0.264 e. The summed E-state index contributed by atoms with van der Waals surface area (Å²) in [6.07, 6.45) is 2.33. The highest BCUT2D eigenvalue weighted by Gasteiger charge is 2.40. The molecule has 2 aliphatic heterocycles. The Morgan fingerprint density at radius 1 is 1.33 bits per heavy atom. The van der Waals surface area contributed by atoms with Gasteiger partial charge in [0.15, 0.2) is 0 Å². The molecule has 0 unspecified atom stereocenters. The van der Waals surface area contributed by atoms with E-state index in [-0.39, 0.29) is 31.4 Å². The lowest BCUT2D eigenvalue weighted by molar-refractivity contribution is -0.133. The van der Waals surface area contributed by atoms with E-state index < -0.39 is 28.0 Å². The molecule has 0 radical (unpaired) electrons. The van der Waals surface area contributed by atoms with Gasteiger partial charge < -0.3 is 15.5 Å². The number of hydrogen-bond acceptors (Lipinski definition) is 6. The molecule has 0 aromatic carbocycles. The van der Waals surface area contributed by atoms with Crippen molar-refractivity contribution in [3.63, 3.8) is 0 Å². The van der Waals surface area contributed by atoms with E-state index in [1.807, 2.05) is 0 Å². The number of sulfonamides is 1. The van der Waals surface area contributed by atoms with E-state index >= 15 is 0 Å². The molecule has 9 nitrogen and oxygen atoms in total. The number of piperidine rings is 1. The number of nitrogens with zero attached hydrogens (tertiary/aromatic N) is 2. The van der Waals surface area contributed by atoms with Crippen LogP contribution in [0.15, 0.2) is 17.5 Å². The monoisotopic (exact) mass is 414 g/mol. The highest BCUT2D eigenvalue weighted by Crippen LogP contribution is 2.19. The molecule has 1 aromatic heterocycles. The van der Waals surface area contributed by atoms with Crippen LogP contribution in [-0.4, -0.2) is 79.9 Å². The predicted molar refractivity (Wildman–Crippen MR) is 99.7 cm³/mol. The van der Waals surface area contributed by atoms with E-state index in [0.717, 1.165) is 12.7 Å². The second-order valence-corrected chi connectivity index (χ2v) is 9.54. The first kappa shape index (κ1) is 19.8. The van der Waals surface area contributed by atoms with E-state index in [9.17, 15) is 22.8 Å². The summed E-state index contributed by atoms with van der Waals surface area (Å²) in [4.78, 5) is 39.5. The van der Waals surface area contributed by atoms with Gasteiger partial charge in [-0.15, -0.1) is 11.3 Å². The van der Waals surface area contributed by atoms with E-state index in [4.69, 9.17) is 0 Å². The zero-order valence-electron chi connectivity index (χ0n) is 14.9. The Bertz CT molecular complexity index is 824. The van der Waals surface area contributed by atoms with Gasteiger partial charge in [0.1, 0.15) is 12.1 Å². The fourth-order valence-corrected chi connectivity index (χ4v) is 4.75. The number of thiophene rings is 1. The summed E-state index contributed by atoms with van der Waals surface area (Å²) < 4.78 is 25.1. The molecule has 11 heteroatoms. The van der Waals surface area contributed by atoms with Gasteiger partial charge in [-0.2, -0.15) is 4.31 Å². The van der Waals surface area contributed by atoms with Crippen molar-refractivity contribution >= 4 is 39.1 Å². The summed E-state index contributed by atoms with van der Waals surface area (Å²) in [5, 5.41) is 7.13. The fourth-order valence-electron chi connectivity index (χ4n) is 3.25. The Hall–Kier alpha value is -1.98. The largest absolute Gasteiger partial charge is 0.354 e. The lowest BCUT2D eigenvalue weighted by Crippen LogP contribution is -2.63. The van der Waals surface area contributed by atoms with Crippen molar-refractivity contribution in [1.29, 1.82) is 0 Å². The first-order valence-electron chi connectivity index (χ1n) is 8.65. The zero-order valence-corrected chi connectivity index (χ0v) is 16.5. The van der Waals surface area contributed by atoms with Crippen LogP contribution in [0.25, 0.3) is 0 Å². The van der Waals surface area contributed by atoms with Gasteiger partial charge in [-0.25, -0.2) is 8.42 Å². The van der Waals surface area contributed by atoms with Crippen molar-refractivity contribution in [2.24, 2.45) is 0 Å². The van der Waals surface area contributed by atoms with Crippen LogP contribution < -0.4 is 10.6 Å². The molecule has 1 aromatic rings. The van der Waals surface area contributed by atoms with Gasteiger partial charge in [0.25, 0.3) is 5.91 Å². The third-order valence-electron chi connectivity index (χ3n) is 4.71. The fraction of sp³-hybridized carbons (Fsp3) is 0.562. The number of nitrogens with one attached hydrogen (secondary N) is 2. The number of amides is 3. The van der Waals surface area contributed by atoms with Crippen molar-refractivity contribution < 1.29 is 22.8 Å². The molecule has 2 saturated heterocycles. The van der Waals surface area contributed by atoms with Gasteiger partial charge in [0, 0.05) is 26.2 Å². The molecule has 3 heterocycles. The molecule has 0 saturated carbocycles. The van der Waals surface area contributed by atoms with Gasteiger partial charge in [0.2, 0.25) is 21.8 Å².